The summed E-state index contributed by atoms with van der Waals surface area (Å²) in [6.45, 7) is 1.39. The second-order valence-corrected chi connectivity index (χ2v) is 9.40. The Morgan fingerprint density at radius 1 is 1.10 bits per heavy atom. The second kappa shape index (κ2) is 8.15. The molecule has 0 aliphatic carbocycles. The fourth-order valence-corrected chi connectivity index (χ4v) is 5.07. The molecule has 0 amide bonds. The molecule has 0 radical (unpaired) electrons. The first kappa shape index (κ1) is 21.6. The third-order valence-corrected chi connectivity index (χ3v) is 6.93. The number of hydrogen-bond acceptors (Lipinski definition) is 5. The smallest absolute Gasteiger partial charge is 0.285 e. The molecule has 4 rings (SSSR count). The Morgan fingerprint density at radius 3 is 2.55 bits per heavy atom. The molecule has 0 aromatic heterocycles. The van der Waals surface area contributed by atoms with Crippen LogP contribution in [0.25, 0.3) is 0 Å². The summed E-state index contributed by atoms with van der Waals surface area (Å²) < 4.78 is 61.3. The van der Waals surface area contributed by atoms with E-state index in [0.29, 0.717) is 26.1 Å². The molecule has 1 saturated heterocycles. The highest BCUT2D eigenvalue weighted by Gasteiger charge is 2.36. The fourth-order valence-electron chi connectivity index (χ4n) is 4.16. The highest BCUT2D eigenvalue weighted by atomic mass is 32.2. The Morgan fingerprint density at radius 2 is 1.84 bits per heavy atom. The number of fused-ring (bicyclic) bond motifs is 1. The fraction of sp³-hybridized carbons (Fsp3) is 0.350. The van der Waals surface area contributed by atoms with E-state index in [1.807, 2.05) is 0 Å². The van der Waals surface area contributed by atoms with E-state index in [9.17, 15) is 17.2 Å². The van der Waals surface area contributed by atoms with Crippen molar-refractivity contribution in [1.82, 2.24) is 4.90 Å². The van der Waals surface area contributed by atoms with Crippen molar-refractivity contribution in [2.24, 2.45) is 21.6 Å². The average molecular weight is 451 g/mol. The summed E-state index contributed by atoms with van der Waals surface area (Å²) in [7, 11) is -3.97. The zero-order valence-corrected chi connectivity index (χ0v) is 17.4. The first-order valence-electron chi connectivity index (χ1n) is 9.68. The number of guanidine groups is 1. The molecule has 166 valence electrons. The van der Waals surface area contributed by atoms with Gasteiger partial charge in [-0.2, -0.15) is 8.42 Å². The number of halogens is 2. The Kier molecular flexibility index (Phi) is 5.69. The SMILES string of the molecule is NC(N)=NS(=O)(=O)c1ccc2c(c1)CN([C@H]1CO[C@H](c3cc(F)ccc3F)[C@@H](N)C1)C2. The highest BCUT2D eigenvalue weighted by molar-refractivity contribution is 7.90. The van der Waals surface area contributed by atoms with Crippen molar-refractivity contribution in [3.8, 4) is 0 Å². The number of hydrogen-bond donors (Lipinski definition) is 3. The maximum absolute atomic E-state index is 14.1. The molecule has 0 saturated carbocycles. The molecule has 2 aliphatic rings. The van der Waals surface area contributed by atoms with Crippen LogP contribution >= 0.6 is 0 Å². The van der Waals surface area contributed by atoms with Gasteiger partial charge in [-0.3, -0.25) is 4.90 Å². The van der Waals surface area contributed by atoms with E-state index in [1.165, 1.54) is 6.07 Å². The molecule has 11 heteroatoms. The summed E-state index contributed by atoms with van der Waals surface area (Å²) in [6.07, 6.45) is -0.207. The van der Waals surface area contributed by atoms with E-state index in [0.717, 1.165) is 29.3 Å². The van der Waals surface area contributed by atoms with E-state index in [2.05, 4.69) is 9.30 Å². The van der Waals surface area contributed by atoms with Crippen LogP contribution in [0.2, 0.25) is 0 Å². The molecule has 6 N–H and O–H groups in total. The van der Waals surface area contributed by atoms with Gasteiger partial charge in [-0.05, 0) is 47.9 Å². The predicted octanol–water partition coefficient (Wildman–Crippen LogP) is 1.10. The van der Waals surface area contributed by atoms with Crippen LogP contribution in [-0.2, 0) is 27.8 Å². The molecule has 2 aliphatic heterocycles. The van der Waals surface area contributed by atoms with Gasteiger partial charge in [0.05, 0.1) is 11.5 Å². The number of rotatable bonds is 4. The van der Waals surface area contributed by atoms with Crippen LogP contribution in [0.5, 0.6) is 0 Å². The van der Waals surface area contributed by atoms with Gasteiger partial charge < -0.3 is 21.9 Å². The normalized spacial score (nSPS) is 24.0. The Hall–Kier alpha value is -2.60. The van der Waals surface area contributed by atoms with Crippen LogP contribution in [0.15, 0.2) is 45.7 Å². The van der Waals surface area contributed by atoms with Gasteiger partial charge >= 0.3 is 0 Å². The molecular weight excluding hydrogens is 428 g/mol. The van der Waals surface area contributed by atoms with Crippen molar-refractivity contribution in [1.29, 1.82) is 0 Å². The van der Waals surface area contributed by atoms with Gasteiger partial charge in [-0.25, -0.2) is 8.78 Å². The second-order valence-electron chi connectivity index (χ2n) is 7.80. The number of benzene rings is 2. The van der Waals surface area contributed by atoms with E-state index < -0.39 is 39.8 Å². The van der Waals surface area contributed by atoms with Gasteiger partial charge in [-0.1, -0.05) is 6.07 Å². The molecule has 3 atom stereocenters. The first-order valence-corrected chi connectivity index (χ1v) is 11.1. The lowest BCUT2D eigenvalue weighted by Gasteiger charge is -2.38. The Labute approximate surface area is 178 Å². The van der Waals surface area contributed by atoms with E-state index >= 15 is 0 Å². The maximum Gasteiger partial charge on any atom is 0.285 e. The molecule has 2 heterocycles. The first-order chi connectivity index (χ1) is 14.6. The number of sulfonamides is 1. The summed E-state index contributed by atoms with van der Waals surface area (Å²) in [5.41, 5.74) is 18.6. The van der Waals surface area contributed by atoms with Crippen molar-refractivity contribution >= 4 is 16.0 Å². The summed E-state index contributed by atoms with van der Waals surface area (Å²) >= 11 is 0. The summed E-state index contributed by atoms with van der Waals surface area (Å²) in [5, 5.41) is 0. The predicted molar refractivity (Wildman–Crippen MR) is 110 cm³/mol. The summed E-state index contributed by atoms with van der Waals surface area (Å²) in [5.74, 6) is -1.63. The lowest BCUT2D eigenvalue weighted by molar-refractivity contribution is -0.0531. The van der Waals surface area contributed by atoms with Crippen molar-refractivity contribution in [3.05, 3.63) is 64.7 Å². The minimum absolute atomic E-state index is 0.0136. The summed E-state index contributed by atoms with van der Waals surface area (Å²) in [6, 6.07) is 7.44. The standard InChI is InChI=1S/C20H23F2N5O3S/c21-13-2-4-17(22)16(6-13)19-18(23)7-14(10-30-19)27-8-11-1-3-15(5-12(11)9-27)31(28,29)26-20(24)25/h1-6,14,18-19H,7-10,23H2,(H4,24,25,26)/t14-,18+,19-/m1/s1. The molecule has 0 bridgehead atoms. The monoisotopic (exact) mass is 451 g/mol. The highest BCUT2D eigenvalue weighted by Crippen LogP contribution is 2.35. The van der Waals surface area contributed by atoms with Gasteiger partial charge in [0.1, 0.15) is 17.7 Å². The van der Waals surface area contributed by atoms with E-state index in [1.54, 1.807) is 12.1 Å². The van der Waals surface area contributed by atoms with Crippen molar-refractivity contribution in [3.63, 3.8) is 0 Å². The lowest BCUT2D eigenvalue weighted by atomic mass is 9.93. The van der Waals surface area contributed by atoms with Gasteiger partial charge in [0.2, 0.25) is 5.96 Å². The zero-order valence-electron chi connectivity index (χ0n) is 16.5. The van der Waals surface area contributed by atoms with E-state index in [4.69, 9.17) is 21.9 Å². The maximum atomic E-state index is 14.1. The van der Waals surface area contributed by atoms with Crippen LogP contribution in [0.4, 0.5) is 8.78 Å². The Bertz CT molecular complexity index is 1140. The van der Waals surface area contributed by atoms with Gasteiger partial charge in [0.25, 0.3) is 10.0 Å². The number of ether oxygens (including phenoxy) is 1. The van der Waals surface area contributed by atoms with Crippen molar-refractivity contribution in [2.45, 2.75) is 42.6 Å². The van der Waals surface area contributed by atoms with Crippen LogP contribution < -0.4 is 17.2 Å². The summed E-state index contributed by atoms with van der Waals surface area (Å²) in [4.78, 5) is 2.14. The molecular formula is C20H23F2N5O3S. The van der Waals surface area contributed by atoms with Crippen LogP contribution in [-0.4, -0.2) is 38.0 Å². The topological polar surface area (TPSA) is 137 Å². The van der Waals surface area contributed by atoms with Crippen molar-refractivity contribution < 1.29 is 21.9 Å². The quantitative estimate of drug-likeness (QED) is 0.468. The van der Waals surface area contributed by atoms with Crippen molar-refractivity contribution in [2.75, 3.05) is 6.61 Å². The van der Waals surface area contributed by atoms with Gasteiger partial charge in [0, 0.05) is 30.7 Å². The molecule has 2 aromatic rings. The van der Waals surface area contributed by atoms with Crippen LogP contribution in [0.1, 0.15) is 29.2 Å². The molecule has 8 nitrogen and oxygen atoms in total. The molecule has 1 fully saturated rings. The molecule has 2 aromatic carbocycles. The average Bonchev–Trinajstić information content (AvgIpc) is 3.12. The largest absolute Gasteiger partial charge is 0.370 e. The third kappa shape index (κ3) is 4.40. The molecule has 31 heavy (non-hydrogen) atoms. The van der Waals surface area contributed by atoms with Gasteiger partial charge in [-0.15, -0.1) is 4.40 Å². The van der Waals surface area contributed by atoms with Crippen LogP contribution in [0.3, 0.4) is 0 Å². The number of nitrogens with two attached hydrogens (primary N) is 3. The van der Waals surface area contributed by atoms with Gasteiger partial charge in [0.15, 0.2) is 0 Å². The Balaban J connectivity index is 1.47. The third-order valence-electron chi connectivity index (χ3n) is 5.63. The number of nitrogens with zero attached hydrogens (tertiary/aromatic N) is 2. The lowest BCUT2D eigenvalue weighted by Crippen LogP contribution is -2.47. The van der Waals surface area contributed by atoms with E-state index in [-0.39, 0.29) is 16.5 Å². The minimum Gasteiger partial charge on any atom is -0.370 e. The van der Waals surface area contributed by atoms with Crippen LogP contribution in [0, 0.1) is 11.6 Å². The molecule has 0 spiro atoms. The minimum atomic E-state index is -3.97. The zero-order chi connectivity index (χ0) is 22.3. The molecule has 0 unspecified atom stereocenters.